The number of carbonyl (C=O) groups excluding carboxylic acids is 3. The number of benzene rings is 2. The zero-order valence-electron chi connectivity index (χ0n) is 14.8. The van der Waals surface area contributed by atoms with Crippen molar-refractivity contribution in [3.8, 4) is 17.6 Å². The fourth-order valence-electron chi connectivity index (χ4n) is 2.70. The first kappa shape index (κ1) is 20.9. The Kier molecular flexibility index (Phi) is 5.99. The van der Waals surface area contributed by atoms with Crippen LogP contribution in [0.5, 0.6) is 11.5 Å². The first-order valence-electron chi connectivity index (χ1n) is 8.19. The molecule has 0 atom stereocenters. The van der Waals surface area contributed by atoms with E-state index in [-0.39, 0.29) is 49.9 Å². The van der Waals surface area contributed by atoms with Crippen LogP contribution in [0, 0.1) is 11.3 Å². The summed E-state index contributed by atoms with van der Waals surface area (Å²) < 4.78 is 10.6. The summed E-state index contributed by atoms with van der Waals surface area (Å²) in [6.45, 7) is 1.27. The Morgan fingerprint density at radius 2 is 1.62 bits per heavy atom. The molecule has 2 amide bonds. The van der Waals surface area contributed by atoms with E-state index in [1.54, 1.807) is 6.92 Å². The monoisotopic (exact) mass is 452 g/mol. The standard InChI is InChI=1S/C19H11Cl3N2O5/c1-2-28-15-4-9(7-23)3-14(22)17(15)29-16(25)8-24-18(26)10-5-12(20)13(21)6-11(10)19(24)27/h3-6H,2,8H2,1H3. The third-order valence-corrected chi connectivity index (χ3v) is 4.96. The fourth-order valence-corrected chi connectivity index (χ4v) is 3.27. The van der Waals surface area contributed by atoms with Crippen molar-refractivity contribution in [2.75, 3.05) is 13.2 Å². The van der Waals surface area contributed by atoms with E-state index in [0.717, 1.165) is 4.90 Å². The summed E-state index contributed by atoms with van der Waals surface area (Å²) in [4.78, 5) is 38.1. The molecule has 29 heavy (non-hydrogen) atoms. The third kappa shape index (κ3) is 4.01. The number of ether oxygens (including phenoxy) is 2. The van der Waals surface area contributed by atoms with Crippen molar-refractivity contribution in [1.29, 1.82) is 5.26 Å². The summed E-state index contributed by atoms with van der Waals surface area (Å²) in [6, 6.07) is 7.13. The molecule has 0 aromatic heterocycles. The molecule has 0 unspecified atom stereocenters. The summed E-state index contributed by atoms with van der Waals surface area (Å²) >= 11 is 17.9. The van der Waals surface area contributed by atoms with Crippen LogP contribution in [0.2, 0.25) is 15.1 Å². The highest BCUT2D eigenvalue weighted by molar-refractivity contribution is 6.43. The molecule has 0 saturated heterocycles. The number of amides is 2. The summed E-state index contributed by atoms with van der Waals surface area (Å²) in [5.74, 6) is -2.34. The minimum absolute atomic E-state index is 0.0261. The first-order chi connectivity index (χ1) is 13.8. The molecule has 148 valence electrons. The van der Waals surface area contributed by atoms with Gasteiger partial charge in [-0.2, -0.15) is 5.26 Å². The van der Waals surface area contributed by atoms with Gasteiger partial charge in [-0.3, -0.25) is 14.5 Å². The van der Waals surface area contributed by atoms with Gasteiger partial charge in [-0.25, -0.2) is 4.79 Å². The smallest absolute Gasteiger partial charge is 0.331 e. The van der Waals surface area contributed by atoms with Crippen LogP contribution in [0.3, 0.4) is 0 Å². The molecule has 0 bridgehead atoms. The van der Waals surface area contributed by atoms with Crippen molar-refractivity contribution < 1.29 is 23.9 Å². The molecular weight excluding hydrogens is 443 g/mol. The van der Waals surface area contributed by atoms with Crippen molar-refractivity contribution in [2.45, 2.75) is 6.92 Å². The number of esters is 1. The van der Waals surface area contributed by atoms with E-state index in [0.29, 0.717) is 0 Å². The van der Waals surface area contributed by atoms with Crippen molar-refractivity contribution in [3.63, 3.8) is 0 Å². The molecule has 0 fully saturated rings. The normalized spacial score (nSPS) is 12.6. The number of nitrogens with zero attached hydrogens (tertiary/aromatic N) is 2. The minimum Gasteiger partial charge on any atom is -0.490 e. The molecule has 1 heterocycles. The van der Waals surface area contributed by atoms with Crippen LogP contribution in [0.4, 0.5) is 0 Å². The number of rotatable bonds is 5. The lowest BCUT2D eigenvalue weighted by Crippen LogP contribution is -2.36. The summed E-state index contributed by atoms with van der Waals surface area (Å²) in [5.41, 5.74) is 0.305. The zero-order chi connectivity index (χ0) is 21.3. The molecule has 7 nitrogen and oxygen atoms in total. The predicted molar refractivity (Wildman–Crippen MR) is 105 cm³/mol. The van der Waals surface area contributed by atoms with Gasteiger partial charge in [0.2, 0.25) is 0 Å². The maximum Gasteiger partial charge on any atom is 0.331 e. The minimum atomic E-state index is -0.927. The van der Waals surface area contributed by atoms with Crippen molar-refractivity contribution in [1.82, 2.24) is 4.90 Å². The molecule has 0 saturated carbocycles. The van der Waals surface area contributed by atoms with Gasteiger partial charge in [-0.05, 0) is 25.1 Å². The van der Waals surface area contributed by atoms with Gasteiger partial charge in [0.1, 0.15) is 6.54 Å². The van der Waals surface area contributed by atoms with E-state index in [2.05, 4.69) is 0 Å². The van der Waals surface area contributed by atoms with Crippen molar-refractivity contribution in [3.05, 3.63) is 56.0 Å². The molecule has 10 heteroatoms. The maximum atomic E-state index is 12.5. The average molecular weight is 454 g/mol. The Labute approximate surface area is 180 Å². The molecule has 2 aromatic carbocycles. The lowest BCUT2D eigenvalue weighted by atomic mass is 10.1. The Balaban J connectivity index is 1.83. The number of carbonyl (C=O) groups is 3. The molecule has 1 aliphatic heterocycles. The van der Waals surface area contributed by atoms with E-state index in [9.17, 15) is 14.4 Å². The summed E-state index contributed by atoms with van der Waals surface area (Å²) in [6.07, 6.45) is 0. The topological polar surface area (TPSA) is 96.7 Å². The second-order valence-electron chi connectivity index (χ2n) is 5.81. The van der Waals surface area contributed by atoms with Gasteiger partial charge < -0.3 is 9.47 Å². The van der Waals surface area contributed by atoms with E-state index in [4.69, 9.17) is 49.5 Å². The number of hydrogen-bond donors (Lipinski definition) is 0. The largest absolute Gasteiger partial charge is 0.490 e. The number of hydrogen-bond acceptors (Lipinski definition) is 6. The molecule has 1 aliphatic rings. The molecular formula is C19H11Cl3N2O5. The lowest BCUT2D eigenvalue weighted by molar-refractivity contribution is -0.134. The SMILES string of the molecule is CCOc1cc(C#N)cc(Cl)c1OC(=O)CN1C(=O)c2cc(Cl)c(Cl)cc2C1=O. The van der Waals surface area contributed by atoms with Gasteiger partial charge in [-0.1, -0.05) is 34.8 Å². The van der Waals surface area contributed by atoms with Crippen LogP contribution in [-0.4, -0.2) is 35.8 Å². The first-order valence-corrected chi connectivity index (χ1v) is 9.32. The van der Waals surface area contributed by atoms with Gasteiger partial charge in [0.15, 0.2) is 11.5 Å². The van der Waals surface area contributed by atoms with Gasteiger partial charge in [-0.15, -0.1) is 0 Å². The highest BCUT2D eigenvalue weighted by Crippen LogP contribution is 2.37. The molecule has 3 rings (SSSR count). The maximum absolute atomic E-state index is 12.5. The lowest BCUT2D eigenvalue weighted by Gasteiger charge is -2.15. The van der Waals surface area contributed by atoms with E-state index in [1.165, 1.54) is 24.3 Å². The Morgan fingerprint density at radius 3 is 2.14 bits per heavy atom. The van der Waals surface area contributed by atoms with E-state index >= 15 is 0 Å². The van der Waals surface area contributed by atoms with Crippen LogP contribution >= 0.6 is 34.8 Å². The van der Waals surface area contributed by atoms with Gasteiger partial charge in [0.05, 0.1) is 44.4 Å². The average Bonchev–Trinajstić information content (AvgIpc) is 2.89. The highest BCUT2D eigenvalue weighted by Gasteiger charge is 2.38. The second-order valence-corrected chi connectivity index (χ2v) is 7.03. The molecule has 0 radical (unpaired) electrons. The van der Waals surface area contributed by atoms with Crippen LogP contribution < -0.4 is 9.47 Å². The number of imide groups is 1. The summed E-state index contributed by atoms with van der Waals surface area (Å²) in [5, 5.41) is 9.23. The van der Waals surface area contributed by atoms with Crippen LogP contribution in [0.25, 0.3) is 0 Å². The van der Waals surface area contributed by atoms with E-state index in [1.807, 2.05) is 6.07 Å². The number of fused-ring (bicyclic) bond motifs is 1. The van der Waals surface area contributed by atoms with E-state index < -0.39 is 24.3 Å². The van der Waals surface area contributed by atoms with Crippen molar-refractivity contribution in [2.24, 2.45) is 0 Å². The van der Waals surface area contributed by atoms with Crippen LogP contribution in [0.15, 0.2) is 24.3 Å². The third-order valence-electron chi connectivity index (χ3n) is 3.95. The number of nitriles is 1. The molecule has 0 spiro atoms. The zero-order valence-corrected chi connectivity index (χ0v) is 17.1. The molecule has 2 aromatic rings. The van der Waals surface area contributed by atoms with Gasteiger partial charge >= 0.3 is 5.97 Å². The predicted octanol–water partition coefficient (Wildman–Crippen LogP) is 4.12. The van der Waals surface area contributed by atoms with Gasteiger partial charge in [0.25, 0.3) is 11.8 Å². The van der Waals surface area contributed by atoms with Crippen molar-refractivity contribution >= 4 is 52.6 Å². The Morgan fingerprint density at radius 1 is 1.03 bits per heavy atom. The quantitative estimate of drug-likeness (QED) is 0.384. The number of halogens is 3. The fraction of sp³-hybridized carbons (Fsp3) is 0.158. The van der Waals surface area contributed by atoms with Gasteiger partial charge in [0, 0.05) is 6.07 Å². The highest BCUT2D eigenvalue weighted by atomic mass is 35.5. The molecule has 0 aliphatic carbocycles. The van der Waals surface area contributed by atoms with Crippen LogP contribution in [-0.2, 0) is 4.79 Å². The van der Waals surface area contributed by atoms with Crippen LogP contribution in [0.1, 0.15) is 33.2 Å². The molecule has 0 N–H and O–H groups in total. The Bertz CT molecular complexity index is 1050. The Hall–Kier alpha value is -2.79. The summed E-state index contributed by atoms with van der Waals surface area (Å²) in [7, 11) is 0. The second kappa shape index (κ2) is 8.29.